The summed E-state index contributed by atoms with van der Waals surface area (Å²) in [4.78, 5) is 0. The van der Waals surface area contributed by atoms with Crippen LogP contribution in [0.3, 0.4) is 0 Å². The molecule has 2 aromatic carbocycles. The zero-order chi connectivity index (χ0) is 13.8. The van der Waals surface area contributed by atoms with Gasteiger partial charge in [-0.15, -0.1) is 0 Å². The van der Waals surface area contributed by atoms with Gasteiger partial charge in [0.1, 0.15) is 5.75 Å². The maximum Gasteiger partial charge on any atom is 0.139 e. The van der Waals surface area contributed by atoms with Crippen LogP contribution in [-0.2, 0) is 6.54 Å². The number of aromatic hydroxyl groups is 1. The molecule has 3 nitrogen and oxygen atoms in total. The lowest BCUT2D eigenvalue weighted by Crippen LogP contribution is -2.00. The highest BCUT2D eigenvalue weighted by Gasteiger charge is 2.07. The molecule has 0 aliphatic carbocycles. The van der Waals surface area contributed by atoms with Crippen molar-refractivity contribution in [3.05, 3.63) is 57.6 Å². The van der Waals surface area contributed by atoms with Crippen molar-refractivity contribution in [1.82, 2.24) is 0 Å². The number of phenolic OH excluding ortho intramolecular Hbond substituents is 1. The van der Waals surface area contributed by atoms with Crippen molar-refractivity contribution in [3.8, 4) is 11.8 Å². The van der Waals surface area contributed by atoms with E-state index in [2.05, 4.69) is 11.4 Å². The van der Waals surface area contributed by atoms with Crippen LogP contribution in [0.1, 0.15) is 11.1 Å². The van der Waals surface area contributed by atoms with Crippen LogP contribution in [0.2, 0.25) is 10.0 Å². The lowest BCUT2D eigenvalue weighted by molar-refractivity contribution is 0.469. The zero-order valence-corrected chi connectivity index (χ0v) is 11.3. The summed E-state index contributed by atoms with van der Waals surface area (Å²) in [7, 11) is 0. The maximum absolute atomic E-state index is 9.82. The Labute approximate surface area is 121 Å². The summed E-state index contributed by atoms with van der Waals surface area (Å²) >= 11 is 11.7. The van der Waals surface area contributed by atoms with Gasteiger partial charge < -0.3 is 10.4 Å². The Bertz CT molecular complexity index is 650. The quantitative estimate of drug-likeness (QED) is 0.892. The summed E-state index contributed by atoms with van der Waals surface area (Å²) in [5.41, 5.74) is 1.95. The highest BCUT2D eigenvalue weighted by atomic mass is 35.5. The molecule has 2 N–H and O–H groups in total. The van der Waals surface area contributed by atoms with Gasteiger partial charge in [0.15, 0.2) is 0 Å². The third-order valence-electron chi connectivity index (χ3n) is 2.58. The number of rotatable bonds is 3. The van der Waals surface area contributed by atoms with Crippen molar-refractivity contribution >= 4 is 28.9 Å². The SMILES string of the molecule is N#Cc1cccc(NCc2cc(Cl)cc(Cl)c2O)c1. The van der Waals surface area contributed by atoms with Crippen LogP contribution in [0.25, 0.3) is 0 Å². The van der Waals surface area contributed by atoms with Crippen molar-refractivity contribution in [2.45, 2.75) is 6.54 Å². The van der Waals surface area contributed by atoms with Gasteiger partial charge in [0.25, 0.3) is 0 Å². The number of phenols is 1. The van der Waals surface area contributed by atoms with Crippen molar-refractivity contribution in [1.29, 1.82) is 5.26 Å². The molecule has 2 aromatic rings. The van der Waals surface area contributed by atoms with Crippen LogP contribution in [-0.4, -0.2) is 5.11 Å². The van der Waals surface area contributed by atoms with Gasteiger partial charge in [-0.05, 0) is 30.3 Å². The molecule has 0 saturated heterocycles. The van der Waals surface area contributed by atoms with E-state index in [1.54, 1.807) is 24.3 Å². The molecule has 96 valence electrons. The average molecular weight is 293 g/mol. The van der Waals surface area contributed by atoms with Gasteiger partial charge in [-0.25, -0.2) is 0 Å². The highest BCUT2D eigenvalue weighted by Crippen LogP contribution is 2.31. The van der Waals surface area contributed by atoms with E-state index in [4.69, 9.17) is 28.5 Å². The molecule has 0 heterocycles. The molecule has 0 aliphatic rings. The minimum absolute atomic E-state index is 0.00926. The van der Waals surface area contributed by atoms with E-state index in [0.717, 1.165) is 5.69 Å². The fraction of sp³-hybridized carbons (Fsp3) is 0.0714. The topological polar surface area (TPSA) is 56.0 Å². The number of hydrogen-bond acceptors (Lipinski definition) is 3. The van der Waals surface area contributed by atoms with Gasteiger partial charge >= 0.3 is 0 Å². The Morgan fingerprint density at radius 2 is 2.00 bits per heavy atom. The Morgan fingerprint density at radius 1 is 1.21 bits per heavy atom. The maximum atomic E-state index is 9.82. The van der Waals surface area contributed by atoms with E-state index in [1.807, 2.05) is 6.07 Å². The lowest BCUT2D eigenvalue weighted by atomic mass is 10.1. The minimum atomic E-state index is 0.00926. The molecule has 0 unspecified atom stereocenters. The molecule has 19 heavy (non-hydrogen) atoms. The number of anilines is 1. The number of nitriles is 1. The van der Waals surface area contributed by atoms with E-state index < -0.39 is 0 Å². The van der Waals surface area contributed by atoms with Crippen molar-refractivity contribution in [3.63, 3.8) is 0 Å². The molecule has 0 atom stereocenters. The van der Waals surface area contributed by atoms with E-state index >= 15 is 0 Å². The van der Waals surface area contributed by atoms with Gasteiger partial charge in [0, 0.05) is 22.8 Å². The van der Waals surface area contributed by atoms with Gasteiger partial charge in [0.2, 0.25) is 0 Å². The van der Waals surface area contributed by atoms with Gasteiger partial charge in [-0.3, -0.25) is 0 Å². The third kappa shape index (κ3) is 3.31. The van der Waals surface area contributed by atoms with E-state index in [0.29, 0.717) is 22.7 Å². The third-order valence-corrected chi connectivity index (χ3v) is 3.09. The first-order valence-corrected chi connectivity index (χ1v) is 6.26. The molecule has 0 bridgehead atoms. The standard InChI is InChI=1S/C14H10Cl2N2O/c15-11-5-10(14(19)13(16)6-11)8-18-12-3-1-2-9(4-12)7-17/h1-6,18-19H,8H2. The first kappa shape index (κ1) is 13.5. The van der Waals surface area contributed by atoms with Crippen LogP contribution < -0.4 is 5.32 Å². The van der Waals surface area contributed by atoms with Crippen molar-refractivity contribution < 1.29 is 5.11 Å². The molecule has 0 spiro atoms. The Balaban J connectivity index is 2.17. The summed E-state index contributed by atoms with van der Waals surface area (Å²) < 4.78 is 0. The molecular weight excluding hydrogens is 283 g/mol. The Morgan fingerprint density at radius 3 is 2.74 bits per heavy atom. The smallest absolute Gasteiger partial charge is 0.139 e. The zero-order valence-electron chi connectivity index (χ0n) is 9.82. The molecule has 0 saturated carbocycles. The molecule has 0 amide bonds. The van der Waals surface area contributed by atoms with Crippen LogP contribution in [0, 0.1) is 11.3 Å². The predicted molar refractivity (Wildman–Crippen MR) is 76.6 cm³/mol. The first-order chi connectivity index (χ1) is 9.10. The second kappa shape index (κ2) is 5.83. The molecule has 0 aromatic heterocycles. The monoisotopic (exact) mass is 292 g/mol. The number of halogens is 2. The van der Waals surface area contributed by atoms with E-state index in [-0.39, 0.29) is 10.8 Å². The number of nitrogens with zero attached hydrogens (tertiary/aromatic N) is 1. The molecule has 0 aliphatic heterocycles. The Hall–Kier alpha value is -1.89. The first-order valence-electron chi connectivity index (χ1n) is 5.51. The second-order valence-corrected chi connectivity index (χ2v) is 4.79. The second-order valence-electron chi connectivity index (χ2n) is 3.94. The van der Waals surface area contributed by atoms with E-state index in [1.165, 1.54) is 6.07 Å². The van der Waals surface area contributed by atoms with Crippen LogP contribution in [0.15, 0.2) is 36.4 Å². The molecule has 5 heteroatoms. The van der Waals surface area contributed by atoms with Crippen LogP contribution in [0.4, 0.5) is 5.69 Å². The van der Waals surface area contributed by atoms with Crippen molar-refractivity contribution in [2.75, 3.05) is 5.32 Å². The molecule has 2 rings (SSSR count). The number of nitrogens with one attached hydrogen (secondary N) is 1. The summed E-state index contributed by atoms with van der Waals surface area (Å²) in [6.07, 6.45) is 0. The van der Waals surface area contributed by atoms with Gasteiger partial charge in [0.05, 0.1) is 16.7 Å². The van der Waals surface area contributed by atoms with Crippen molar-refractivity contribution in [2.24, 2.45) is 0 Å². The summed E-state index contributed by atoms with van der Waals surface area (Å²) in [6.45, 7) is 0.362. The summed E-state index contributed by atoms with van der Waals surface area (Å²) in [6, 6.07) is 12.3. The minimum Gasteiger partial charge on any atom is -0.506 e. The molecular formula is C14H10Cl2N2O. The molecule has 0 fully saturated rings. The predicted octanol–water partition coefficient (Wildman–Crippen LogP) is 4.18. The number of hydrogen-bond donors (Lipinski definition) is 2. The summed E-state index contributed by atoms with van der Waals surface area (Å²) in [5, 5.41) is 22.4. The average Bonchev–Trinajstić information content (AvgIpc) is 2.41. The van der Waals surface area contributed by atoms with Gasteiger partial charge in [-0.1, -0.05) is 29.3 Å². The van der Waals surface area contributed by atoms with E-state index in [9.17, 15) is 5.11 Å². The highest BCUT2D eigenvalue weighted by molar-refractivity contribution is 6.35. The van der Waals surface area contributed by atoms with Crippen LogP contribution in [0.5, 0.6) is 5.75 Å². The normalized spacial score (nSPS) is 9.95. The summed E-state index contributed by atoms with van der Waals surface area (Å²) in [5.74, 6) is 0.00926. The molecule has 0 radical (unpaired) electrons. The fourth-order valence-corrected chi connectivity index (χ4v) is 2.19. The largest absolute Gasteiger partial charge is 0.506 e. The van der Waals surface area contributed by atoms with Crippen LogP contribution >= 0.6 is 23.2 Å². The lowest BCUT2D eigenvalue weighted by Gasteiger charge is -2.10. The fourth-order valence-electron chi connectivity index (χ4n) is 1.65. The van der Waals surface area contributed by atoms with Gasteiger partial charge in [-0.2, -0.15) is 5.26 Å². The number of benzene rings is 2. The Kier molecular flexibility index (Phi) is 4.16.